The van der Waals surface area contributed by atoms with Gasteiger partial charge in [-0.3, -0.25) is 0 Å². The molecule has 0 rings (SSSR count). The maximum atomic E-state index is 5.49. The van der Waals surface area contributed by atoms with Gasteiger partial charge >= 0.3 is 0 Å². The highest BCUT2D eigenvalue weighted by atomic mass is 15.0. The lowest BCUT2D eigenvalue weighted by Crippen LogP contribution is -2.34. The van der Waals surface area contributed by atoms with E-state index in [4.69, 9.17) is 11.5 Å². The van der Waals surface area contributed by atoms with E-state index in [-0.39, 0.29) is 6.17 Å². The highest BCUT2D eigenvalue weighted by molar-refractivity contribution is 4.53. The summed E-state index contributed by atoms with van der Waals surface area (Å²) in [7, 11) is 1.85. The van der Waals surface area contributed by atoms with Gasteiger partial charge in [0.25, 0.3) is 0 Å². The smallest absolute Gasteiger partial charge is 0.0544 e. The summed E-state index contributed by atoms with van der Waals surface area (Å²) in [5, 5.41) is 2.92. The Morgan fingerprint density at radius 2 is 2.25 bits per heavy atom. The van der Waals surface area contributed by atoms with Gasteiger partial charge in [-0.25, -0.2) is 0 Å². The summed E-state index contributed by atoms with van der Waals surface area (Å²) in [4.78, 5) is 0. The van der Waals surface area contributed by atoms with E-state index in [9.17, 15) is 0 Å². The molecule has 0 aromatic rings. The Balaban J connectivity index is 2.86. The summed E-state index contributed by atoms with van der Waals surface area (Å²) in [6.45, 7) is 0.732. The van der Waals surface area contributed by atoms with Crippen LogP contribution in [0.1, 0.15) is 12.8 Å². The molecule has 3 heteroatoms. The lowest BCUT2D eigenvalue weighted by atomic mass is 10.3. The van der Waals surface area contributed by atoms with Gasteiger partial charge in [-0.1, -0.05) is 0 Å². The van der Waals surface area contributed by atoms with E-state index in [2.05, 4.69) is 5.32 Å². The molecule has 0 radical (unpaired) electrons. The van der Waals surface area contributed by atoms with Gasteiger partial charge in [0, 0.05) is 0 Å². The first-order valence-corrected chi connectivity index (χ1v) is 2.94. The van der Waals surface area contributed by atoms with Gasteiger partial charge in [0.2, 0.25) is 0 Å². The third-order valence-corrected chi connectivity index (χ3v) is 1.09. The molecule has 0 fully saturated rings. The van der Waals surface area contributed by atoms with Crippen molar-refractivity contribution in [3.05, 3.63) is 0 Å². The van der Waals surface area contributed by atoms with Crippen LogP contribution in [0.3, 0.4) is 0 Å². The molecule has 50 valence electrons. The summed E-state index contributed by atoms with van der Waals surface area (Å²) in [6, 6.07) is 0. The molecule has 0 aliphatic rings. The van der Waals surface area contributed by atoms with Crippen LogP contribution >= 0.6 is 0 Å². The first-order valence-electron chi connectivity index (χ1n) is 2.94. The monoisotopic (exact) mass is 117 g/mol. The van der Waals surface area contributed by atoms with Gasteiger partial charge in [0.05, 0.1) is 6.17 Å². The zero-order chi connectivity index (χ0) is 6.41. The van der Waals surface area contributed by atoms with E-state index in [1.54, 1.807) is 0 Å². The first kappa shape index (κ1) is 7.88. The van der Waals surface area contributed by atoms with Gasteiger partial charge in [0.1, 0.15) is 0 Å². The van der Waals surface area contributed by atoms with Crippen molar-refractivity contribution in [3.8, 4) is 0 Å². The van der Waals surface area contributed by atoms with Crippen LogP contribution in [-0.4, -0.2) is 19.8 Å². The fourth-order valence-electron chi connectivity index (χ4n) is 0.482. The van der Waals surface area contributed by atoms with Crippen LogP contribution in [0.2, 0.25) is 0 Å². The standard InChI is InChI=1S/C5H15N3/c1-8-5(7)3-2-4-6/h5,8H,2-4,6-7H2,1H3. The highest BCUT2D eigenvalue weighted by Gasteiger charge is 1.93. The van der Waals surface area contributed by atoms with Crippen LogP contribution in [0.4, 0.5) is 0 Å². The molecule has 0 aromatic carbocycles. The molecule has 1 atom stereocenters. The Hall–Kier alpha value is -0.120. The maximum absolute atomic E-state index is 5.49. The molecule has 0 aliphatic carbocycles. The van der Waals surface area contributed by atoms with Crippen molar-refractivity contribution >= 4 is 0 Å². The zero-order valence-corrected chi connectivity index (χ0v) is 5.35. The van der Waals surface area contributed by atoms with Crippen molar-refractivity contribution in [2.45, 2.75) is 19.0 Å². The molecular weight excluding hydrogens is 102 g/mol. The molecule has 5 N–H and O–H groups in total. The van der Waals surface area contributed by atoms with Crippen LogP contribution < -0.4 is 16.8 Å². The Bertz CT molecular complexity index is 46.9. The van der Waals surface area contributed by atoms with Crippen molar-refractivity contribution in [2.24, 2.45) is 11.5 Å². The summed E-state index contributed by atoms with van der Waals surface area (Å²) in [6.07, 6.45) is 2.09. The average molecular weight is 117 g/mol. The second-order valence-corrected chi connectivity index (χ2v) is 1.83. The first-order chi connectivity index (χ1) is 3.81. The quantitative estimate of drug-likeness (QED) is 0.424. The van der Waals surface area contributed by atoms with E-state index < -0.39 is 0 Å². The fourth-order valence-corrected chi connectivity index (χ4v) is 0.482. The van der Waals surface area contributed by atoms with Crippen LogP contribution in [0.5, 0.6) is 0 Å². The number of nitrogens with two attached hydrogens (primary N) is 2. The molecule has 0 saturated heterocycles. The highest BCUT2D eigenvalue weighted by Crippen LogP contribution is 1.85. The molecule has 3 nitrogen and oxygen atoms in total. The molecule has 8 heavy (non-hydrogen) atoms. The predicted octanol–water partition coefficient (Wildman–Crippen LogP) is -0.770. The van der Waals surface area contributed by atoms with E-state index in [0.717, 1.165) is 19.4 Å². The van der Waals surface area contributed by atoms with Crippen molar-refractivity contribution in [1.29, 1.82) is 0 Å². The summed E-state index contributed by atoms with van der Waals surface area (Å²) in [5.74, 6) is 0. The van der Waals surface area contributed by atoms with Crippen LogP contribution in [-0.2, 0) is 0 Å². The number of hydrogen-bond donors (Lipinski definition) is 3. The summed E-state index contributed by atoms with van der Waals surface area (Å²) < 4.78 is 0. The van der Waals surface area contributed by atoms with Crippen LogP contribution in [0.15, 0.2) is 0 Å². The molecule has 0 spiro atoms. The van der Waals surface area contributed by atoms with E-state index in [0.29, 0.717) is 0 Å². The topological polar surface area (TPSA) is 64.1 Å². The minimum atomic E-state index is 0.124. The van der Waals surface area contributed by atoms with Crippen molar-refractivity contribution in [3.63, 3.8) is 0 Å². The van der Waals surface area contributed by atoms with Gasteiger partial charge in [-0.15, -0.1) is 0 Å². The Morgan fingerprint density at radius 1 is 1.62 bits per heavy atom. The second-order valence-electron chi connectivity index (χ2n) is 1.83. The number of rotatable bonds is 4. The Kier molecular flexibility index (Phi) is 4.95. The van der Waals surface area contributed by atoms with Gasteiger partial charge in [-0.05, 0) is 26.4 Å². The molecule has 0 aromatic heterocycles. The number of hydrogen-bond acceptors (Lipinski definition) is 3. The molecule has 0 saturated carbocycles. The molecule has 1 unspecified atom stereocenters. The zero-order valence-electron chi connectivity index (χ0n) is 5.35. The van der Waals surface area contributed by atoms with E-state index in [1.807, 2.05) is 7.05 Å². The molecule has 0 heterocycles. The van der Waals surface area contributed by atoms with Crippen LogP contribution in [0, 0.1) is 0 Å². The van der Waals surface area contributed by atoms with Gasteiger partial charge < -0.3 is 16.8 Å². The Labute approximate surface area is 50.4 Å². The summed E-state index contributed by atoms with van der Waals surface area (Å²) >= 11 is 0. The van der Waals surface area contributed by atoms with Crippen LogP contribution in [0.25, 0.3) is 0 Å². The lowest BCUT2D eigenvalue weighted by Gasteiger charge is -2.07. The van der Waals surface area contributed by atoms with Crippen molar-refractivity contribution < 1.29 is 0 Å². The van der Waals surface area contributed by atoms with Gasteiger partial charge in [0.15, 0.2) is 0 Å². The number of nitrogens with one attached hydrogen (secondary N) is 1. The minimum absolute atomic E-state index is 0.124. The fraction of sp³-hybridized carbons (Fsp3) is 1.00. The third kappa shape index (κ3) is 4.05. The predicted molar refractivity (Wildman–Crippen MR) is 35.3 cm³/mol. The average Bonchev–Trinajstić information content (AvgIpc) is 1.83. The lowest BCUT2D eigenvalue weighted by molar-refractivity contribution is 0.525. The largest absolute Gasteiger partial charge is 0.330 e. The van der Waals surface area contributed by atoms with E-state index >= 15 is 0 Å². The van der Waals surface area contributed by atoms with Gasteiger partial charge in [-0.2, -0.15) is 0 Å². The van der Waals surface area contributed by atoms with Crippen molar-refractivity contribution in [1.82, 2.24) is 5.32 Å². The molecule has 0 bridgehead atoms. The van der Waals surface area contributed by atoms with E-state index in [1.165, 1.54) is 0 Å². The maximum Gasteiger partial charge on any atom is 0.0544 e. The SMILES string of the molecule is CNC(N)CCCN. The molecular formula is C5H15N3. The molecule has 0 aliphatic heterocycles. The summed E-state index contributed by atoms with van der Waals surface area (Å²) in [5.41, 5.74) is 10.7. The normalized spacial score (nSPS) is 13.9. The molecule has 0 amide bonds. The minimum Gasteiger partial charge on any atom is -0.330 e. The van der Waals surface area contributed by atoms with Crippen molar-refractivity contribution in [2.75, 3.05) is 13.6 Å². The Morgan fingerprint density at radius 3 is 2.62 bits per heavy atom. The third-order valence-electron chi connectivity index (χ3n) is 1.09. The second kappa shape index (κ2) is 5.03.